The topological polar surface area (TPSA) is 69.6 Å². The molecule has 0 aliphatic heterocycles. The van der Waals surface area contributed by atoms with Crippen LogP contribution >= 0.6 is 11.8 Å². The second kappa shape index (κ2) is 12.4. The van der Waals surface area contributed by atoms with Crippen LogP contribution in [-0.2, 0) is 10.0 Å². The quantitative estimate of drug-likeness (QED) is 0.295. The maximum Gasteiger partial charge on any atom is 0.228 e. The summed E-state index contributed by atoms with van der Waals surface area (Å²) in [6.45, 7) is 2.43. The van der Waals surface area contributed by atoms with Gasteiger partial charge in [-0.3, -0.25) is 0 Å². The smallest absolute Gasteiger partial charge is 0.228 e. The van der Waals surface area contributed by atoms with E-state index in [2.05, 4.69) is 12.3 Å². The standard InChI is InChI=1S/C19H32N2O3S2/c1-4-5-6-7-10-19(22)17-11-13-18(14-12-17)20-21(26(3,23)24)15-8-9-16-25-2/h8-9,11-14,19-20,22H,4-7,10,15-16H2,1-3H3/b9-8-. The Hall–Kier alpha value is -1.02. The van der Waals surface area contributed by atoms with Gasteiger partial charge in [-0.15, -0.1) is 4.41 Å². The first-order valence-electron chi connectivity index (χ1n) is 9.04. The second-order valence-corrected chi connectivity index (χ2v) is 9.14. The highest BCUT2D eigenvalue weighted by atomic mass is 32.2. The summed E-state index contributed by atoms with van der Waals surface area (Å²) in [4.78, 5) is 0. The van der Waals surface area contributed by atoms with Crippen LogP contribution in [0, 0.1) is 0 Å². The highest BCUT2D eigenvalue weighted by Gasteiger charge is 2.15. The zero-order valence-electron chi connectivity index (χ0n) is 16.0. The number of aliphatic hydroxyl groups excluding tert-OH is 1. The molecule has 0 saturated heterocycles. The predicted molar refractivity (Wildman–Crippen MR) is 113 cm³/mol. The fraction of sp³-hybridized carbons (Fsp3) is 0.579. The van der Waals surface area contributed by atoms with Gasteiger partial charge in [-0.25, -0.2) is 8.42 Å². The first-order valence-corrected chi connectivity index (χ1v) is 12.3. The maximum atomic E-state index is 11.9. The van der Waals surface area contributed by atoms with Crippen molar-refractivity contribution in [2.45, 2.75) is 45.1 Å². The van der Waals surface area contributed by atoms with Crippen LogP contribution in [0.4, 0.5) is 5.69 Å². The minimum absolute atomic E-state index is 0.265. The van der Waals surface area contributed by atoms with E-state index in [0.29, 0.717) is 5.69 Å². The van der Waals surface area contributed by atoms with Crippen molar-refractivity contribution in [2.75, 3.05) is 30.2 Å². The average molecular weight is 401 g/mol. The number of hydrazine groups is 1. The average Bonchev–Trinajstić information content (AvgIpc) is 2.61. The van der Waals surface area contributed by atoms with Gasteiger partial charge in [0.2, 0.25) is 10.0 Å². The van der Waals surface area contributed by atoms with Crippen molar-refractivity contribution in [3.8, 4) is 0 Å². The zero-order chi connectivity index (χ0) is 19.4. The number of benzene rings is 1. The molecule has 0 aliphatic carbocycles. The minimum atomic E-state index is -3.38. The molecule has 1 rings (SSSR count). The summed E-state index contributed by atoms with van der Waals surface area (Å²) in [6, 6.07) is 7.29. The van der Waals surface area contributed by atoms with Crippen molar-refractivity contribution in [2.24, 2.45) is 0 Å². The molecule has 1 aromatic rings. The Kier molecular flexibility index (Phi) is 11.0. The largest absolute Gasteiger partial charge is 0.388 e. The lowest BCUT2D eigenvalue weighted by Crippen LogP contribution is -2.35. The zero-order valence-corrected chi connectivity index (χ0v) is 17.7. The fourth-order valence-electron chi connectivity index (χ4n) is 2.45. The SMILES string of the molecule is CCCCCCC(O)c1ccc(NN(C/C=C\CSC)S(C)(=O)=O)cc1. The summed E-state index contributed by atoms with van der Waals surface area (Å²) in [6.07, 6.45) is 11.8. The third-order valence-corrected chi connectivity index (χ3v) is 5.55. The number of unbranched alkanes of at least 4 members (excludes halogenated alkanes) is 3. The number of thioether (sulfide) groups is 1. The molecule has 2 N–H and O–H groups in total. The number of nitrogens with zero attached hydrogens (tertiary/aromatic N) is 1. The van der Waals surface area contributed by atoms with Gasteiger partial charge in [0.05, 0.1) is 24.6 Å². The molecule has 0 heterocycles. The molecule has 0 spiro atoms. The van der Waals surface area contributed by atoms with E-state index in [1.165, 1.54) is 23.5 Å². The second-order valence-electron chi connectivity index (χ2n) is 6.32. The Morgan fingerprint density at radius 2 is 1.88 bits per heavy atom. The van der Waals surface area contributed by atoms with Crippen LogP contribution < -0.4 is 5.43 Å². The molecule has 26 heavy (non-hydrogen) atoms. The van der Waals surface area contributed by atoms with Gasteiger partial charge >= 0.3 is 0 Å². The van der Waals surface area contributed by atoms with Crippen molar-refractivity contribution in [3.63, 3.8) is 0 Å². The van der Waals surface area contributed by atoms with Crippen molar-refractivity contribution < 1.29 is 13.5 Å². The van der Waals surface area contributed by atoms with Crippen molar-refractivity contribution in [1.82, 2.24) is 4.41 Å². The van der Waals surface area contributed by atoms with Gasteiger partial charge in [0.15, 0.2) is 0 Å². The van der Waals surface area contributed by atoms with E-state index in [0.717, 1.165) is 30.6 Å². The van der Waals surface area contributed by atoms with Crippen LogP contribution in [0.1, 0.15) is 50.7 Å². The number of anilines is 1. The Bertz CT molecular complexity index is 631. The number of hydrogen-bond acceptors (Lipinski definition) is 5. The molecule has 0 bridgehead atoms. The molecule has 0 amide bonds. The van der Waals surface area contributed by atoms with E-state index < -0.39 is 16.1 Å². The third kappa shape index (κ3) is 9.07. The van der Waals surface area contributed by atoms with Crippen LogP contribution in [0.2, 0.25) is 0 Å². The van der Waals surface area contributed by atoms with Crippen molar-refractivity contribution >= 4 is 27.5 Å². The highest BCUT2D eigenvalue weighted by Crippen LogP contribution is 2.22. The maximum absolute atomic E-state index is 11.9. The summed E-state index contributed by atoms with van der Waals surface area (Å²) < 4.78 is 25.1. The lowest BCUT2D eigenvalue weighted by atomic mass is 10.0. The lowest BCUT2D eigenvalue weighted by molar-refractivity contribution is 0.163. The van der Waals surface area contributed by atoms with Crippen molar-refractivity contribution in [1.29, 1.82) is 0 Å². The molecule has 0 saturated carbocycles. The van der Waals surface area contributed by atoms with Crippen LogP contribution in [0.5, 0.6) is 0 Å². The molecule has 0 radical (unpaired) electrons. The Morgan fingerprint density at radius 1 is 1.19 bits per heavy atom. The van der Waals surface area contributed by atoms with E-state index in [9.17, 15) is 13.5 Å². The molecule has 0 aliphatic rings. The Morgan fingerprint density at radius 3 is 2.46 bits per heavy atom. The Balaban J connectivity index is 2.64. The minimum Gasteiger partial charge on any atom is -0.388 e. The predicted octanol–water partition coefficient (Wildman–Crippen LogP) is 4.20. The molecule has 1 atom stereocenters. The van der Waals surface area contributed by atoms with Crippen molar-refractivity contribution in [3.05, 3.63) is 42.0 Å². The van der Waals surface area contributed by atoms with E-state index in [1.807, 2.05) is 30.5 Å². The third-order valence-electron chi connectivity index (χ3n) is 3.98. The lowest BCUT2D eigenvalue weighted by Gasteiger charge is -2.21. The van der Waals surface area contributed by atoms with Gasteiger partial charge in [0.1, 0.15) is 0 Å². The molecule has 148 valence electrons. The van der Waals surface area contributed by atoms with E-state index >= 15 is 0 Å². The van der Waals surface area contributed by atoms with Crippen LogP contribution in [-0.4, -0.2) is 42.7 Å². The van der Waals surface area contributed by atoms with Gasteiger partial charge < -0.3 is 10.5 Å². The van der Waals surface area contributed by atoms with Gasteiger partial charge in [0.25, 0.3) is 0 Å². The monoisotopic (exact) mass is 400 g/mol. The molecule has 7 heteroatoms. The molecule has 0 fully saturated rings. The number of nitrogens with one attached hydrogen (secondary N) is 1. The first-order chi connectivity index (χ1) is 12.4. The summed E-state index contributed by atoms with van der Waals surface area (Å²) in [5.74, 6) is 0.850. The van der Waals surface area contributed by atoms with Gasteiger partial charge in [-0.1, -0.05) is 56.9 Å². The molecule has 1 aromatic carbocycles. The van der Waals surface area contributed by atoms with Gasteiger partial charge in [-0.05, 0) is 30.4 Å². The summed E-state index contributed by atoms with van der Waals surface area (Å²) in [5, 5.41) is 10.3. The van der Waals surface area contributed by atoms with E-state index in [1.54, 1.807) is 23.9 Å². The van der Waals surface area contributed by atoms with Crippen LogP contribution in [0.15, 0.2) is 36.4 Å². The fourth-order valence-corrected chi connectivity index (χ4v) is 3.41. The number of hydrogen-bond donors (Lipinski definition) is 2. The van der Waals surface area contributed by atoms with E-state index in [4.69, 9.17) is 0 Å². The molecular weight excluding hydrogens is 368 g/mol. The summed E-state index contributed by atoms with van der Waals surface area (Å²) >= 11 is 1.68. The summed E-state index contributed by atoms with van der Waals surface area (Å²) in [7, 11) is -3.38. The molecule has 0 aromatic heterocycles. The number of sulfonamides is 1. The molecule has 5 nitrogen and oxygen atoms in total. The highest BCUT2D eigenvalue weighted by molar-refractivity contribution is 7.98. The first kappa shape index (κ1) is 23.0. The normalized spacial score (nSPS) is 13.4. The van der Waals surface area contributed by atoms with Gasteiger partial charge in [0, 0.05) is 5.75 Å². The molecule has 1 unspecified atom stereocenters. The molecular formula is C19H32N2O3S2. The summed E-state index contributed by atoms with van der Waals surface area (Å²) in [5.41, 5.74) is 4.46. The van der Waals surface area contributed by atoms with Crippen LogP contribution in [0.25, 0.3) is 0 Å². The van der Waals surface area contributed by atoms with Gasteiger partial charge in [-0.2, -0.15) is 11.8 Å². The van der Waals surface area contributed by atoms with E-state index in [-0.39, 0.29) is 6.54 Å². The number of rotatable bonds is 13. The number of aliphatic hydroxyl groups is 1. The van der Waals surface area contributed by atoms with Crippen LogP contribution in [0.3, 0.4) is 0 Å². The Labute approximate surface area is 162 Å².